The highest BCUT2D eigenvalue weighted by atomic mass is 16.6. The van der Waals surface area contributed by atoms with Crippen molar-refractivity contribution in [2.24, 2.45) is 11.8 Å². The molecule has 0 bridgehead atoms. The van der Waals surface area contributed by atoms with E-state index in [1.165, 1.54) is 0 Å². The monoisotopic (exact) mass is 727 g/mol. The lowest BCUT2D eigenvalue weighted by atomic mass is 9.93. The fourth-order valence-corrected chi connectivity index (χ4v) is 6.33. The van der Waals surface area contributed by atoms with Gasteiger partial charge in [0.1, 0.15) is 23.7 Å². The Morgan fingerprint density at radius 2 is 1.21 bits per heavy atom. The topological polar surface area (TPSA) is 158 Å². The quantitative estimate of drug-likeness (QED) is 0.151. The number of amides is 4. The normalized spacial score (nSPS) is 19.6. The lowest BCUT2D eigenvalue weighted by Crippen LogP contribution is -2.59. The Morgan fingerprint density at radius 1 is 0.712 bits per heavy atom. The number of ether oxygens (including phenoxy) is 2. The maximum Gasteiger partial charge on any atom is 0.243 e. The molecule has 12 nitrogen and oxygen atoms in total. The Labute approximate surface area is 314 Å². The molecular formula is C40H65N5O7. The molecule has 0 spiro atoms. The summed E-state index contributed by atoms with van der Waals surface area (Å²) in [7, 11) is 0. The van der Waals surface area contributed by atoms with E-state index in [2.05, 4.69) is 21.3 Å². The highest BCUT2D eigenvalue weighted by Gasteiger charge is 2.50. The number of ketones is 1. The zero-order valence-electron chi connectivity index (χ0n) is 31.3. The number of aryl methyl sites for hydroxylation is 1. The summed E-state index contributed by atoms with van der Waals surface area (Å²) in [6.45, 7) is 12.3. The lowest BCUT2D eigenvalue weighted by molar-refractivity contribution is -0.135. The molecule has 2 heterocycles. The van der Waals surface area contributed by atoms with Gasteiger partial charge in [0, 0.05) is 25.2 Å². The predicted molar refractivity (Wildman–Crippen MR) is 207 cm³/mol. The standard InChI is InChI=1S/C40H57N5O7.4H2/c1-27(2)22-32(36(47)40(5)26-52-40)42-39(50)34(24-30-14-10-7-11-15-30)44-38(49)33(23-28(3)4)43-37(48)31(17-16-29-12-8-6-9-13-29)41-35(46)25-45-18-20-51-21-19-45;;;;/h6-15,27-28,31-34H,16-26H2,1-5H3,(H,41,46)(H,42,50)(H,43,48)(H,44,49);4*1H/t31-,32-,33-,34-,40+;;;;/m0..../s1. The summed E-state index contributed by atoms with van der Waals surface area (Å²) in [5.41, 5.74) is 0.915. The van der Waals surface area contributed by atoms with Gasteiger partial charge in [0.2, 0.25) is 23.6 Å². The molecular weight excluding hydrogens is 662 g/mol. The van der Waals surface area contributed by atoms with Crippen LogP contribution in [0.4, 0.5) is 0 Å². The summed E-state index contributed by atoms with van der Waals surface area (Å²) >= 11 is 0. The summed E-state index contributed by atoms with van der Waals surface area (Å²) in [6.07, 6.45) is 1.76. The van der Waals surface area contributed by atoms with Crippen LogP contribution in [0.15, 0.2) is 60.7 Å². The number of morpholine rings is 1. The van der Waals surface area contributed by atoms with E-state index < -0.39 is 47.5 Å². The van der Waals surface area contributed by atoms with Crippen LogP contribution in [0.2, 0.25) is 0 Å². The van der Waals surface area contributed by atoms with E-state index in [9.17, 15) is 24.0 Å². The maximum absolute atomic E-state index is 14.1. The number of epoxide rings is 1. The Kier molecular flexibility index (Phi) is 15.3. The first-order valence-corrected chi connectivity index (χ1v) is 18.6. The van der Waals surface area contributed by atoms with Crippen molar-refractivity contribution in [3.05, 3.63) is 71.8 Å². The van der Waals surface area contributed by atoms with Crippen LogP contribution in [0.5, 0.6) is 0 Å². The second-order valence-electron chi connectivity index (χ2n) is 15.0. The van der Waals surface area contributed by atoms with Crippen molar-refractivity contribution in [1.82, 2.24) is 26.2 Å². The van der Waals surface area contributed by atoms with Crippen molar-refractivity contribution in [2.75, 3.05) is 39.5 Å². The van der Waals surface area contributed by atoms with Crippen molar-refractivity contribution in [3.63, 3.8) is 0 Å². The number of nitrogens with zero attached hydrogens (tertiary/aromatic N) is 1. The van der Waals surface area contributed by atoms with Gasteiger partial charge in [-0.3, -0.25) is 28.9 Å². The van der Waals surface area contributed by atoms with E-state index in [0.29, 0.717) is 58.6 Å². The Hall–Kier alpha value is -4.13. The number of hydrogen-bond acceptors (Lipinski definition) is 8. The SMILES string of the molecule is CC(C)C[C@H](NC(=O)[C@H](CCc1ccccc1)NC(=O)CN1CCOCC1)C(=O)N[C@@H](Cc1ccccc1)C(=O)N[C@@H](CC(C)C)C(=O)[C@@]1(C)CO1.[HH].[HH].[HH].[HH]. The second kappa shape index (κ2) is 19.6. The lowest BCUT2D eigenvalue weighted by Gasteiger charge is -2.29. The molecule has 0 radical (unpaired) electrons. The van der Waals surface area contributed by atoms with Gasteiger partial charge in [0.25, 0.3) is 0 Å². The van der Waals surface area contributed by atoms with Gasteiger partial charge in [-0.1, -0.05) is 88.4 Å². The van der Waals surface area contributed by atoms with Crippen LogP contribution < -0.4 is 21.3 Å². The van der Waals surface area contributed by atoms with Crippen molar-refractivity contribution >= 4 is 29.4 Å². The first kappa shape index (κ1) is 40.6. The van der Waals surface area contributed by atoms with Crippen molar-refractivity contribution < 1.29 is 39.2 Å². The van der Waals surface area contributed by atoms with Crippen molar-refractivity contribution in [3.8, 4) is 0 Å². The zero-order chi connectivity index (χ0) is 37.7. The summed E-state index contributed by atoms with van der Waals surface area (Å²) in [5, 5.41) is 11.7. The Morgan fingerprint density at radius 3 is 1.79 bits per heavy atom. The molecule has 4 N–H and O–H groups in total. The molecule has 2 saturated heterocycles. The average molecular weight is 728 g/mol. The zero-order valence-corrected chi connectivity index (χ0v) is 31.3. The molecule has 2 aromatic rings. The van der Waals surface area contributed by atoms with Crippen LogP contribution in [0.1, 0.15) is 70.7 Å². The summed E-state index contributed by atoms with van der Waals surface area (Å²) in [5.74, 6) is -1.83. The first-order valence-electron chi connectivity index (χ1n) is 18.6. The summed E-state index contributed by atoms with van der Waals surface area (Å²) in [6, 6.07) is 15.3. The van der Waals surface area contributed by atoms with Crippen LogP contribution in [-0.4, -0.2) is 104 Å². The van der Waals surface area contributed by atoms with Gasteiger partial charge in [-0.25, -0.2) is 0 Å². The van der Waals surface area contributed by atoms with Gasteiger partial charge in [-0.05, 0) is 55.6 Å². The molecule has 12 heteroatoms. The Balaban J connectivity index is 0.00000756. The third-order valence-corrected chi connectivity index (χ3v) is 9.38. The first-order chi connectivity index (χ1) is 24.8. The molecule has 292 valence electrons. The van der Waals surface area contributed by atoms with E-state index >= 15 is 0 Å². The van der Waals surface area contributed by atoms with Crippen LogP contribution >= 0.6 is 0 Å². The van der Waals surface area contributed by atoms with Gasteiger partial charge in [-0.2, -0.15) is 0 Å². The smallest absolute Gasteiger partial charge is 0.243 e. The van der Waals surface area contributed by atoms with E-state index in [-0.39, 0.29) is 42.2 Å². The van der Waals surface area contributed by atoms with Gasteiger partial charge in [-0.15, -0.1) is 0 Å². The van der Waals surface area contributed by atoms with Gasteiger partial charge in [0.05, 0.1) is 32.4 Å². The van der Waals surface area contributed by atoms with Crippen LogP contribution in [0, 0.1) is 11.8 Å². The van der Waals surface area contributed by atoms with Gasteiger partial charge >= 0.3 is 0 Å². The van der Waals surface area contributed by atoms with E-state index in [4.69, 9.17) is 9.47 Å². The van der Waals surface area contributed by atoms with Crippen LogP contribution in [0.3, 0.4) is 0 Å². The minimum Gasteiger partial charge on any atom is -0.379 e. The highest BCUT2D eigenvalue weighted by molar-refractivity contribution is 5.98. The third kappa shape index (κ3) is 13.1. The largest absolute Gasteiger partial charge is 0.379 e. The van der Waals surface area contributed by atoms with Crippen molar-refractivity contribution in [2.45, 2.75) is 96.5 Å². The fraction of sp³-hybridized carbons (Fsp3) is 0.575. The average Bonchev–Trinajstić information content (AvgIpc) is 3.87. The number of rotatable bonds is 20. The molecule has 0 unspecified atom stereocenters. The van der Waals surface area contributed by atoms with Gasteiger partial charge < -0.3 is 30.7 Å². The molecule has 2 aliphatic rings. The maximum atomic E-state index is 14.1. The van der Waals surface area contributed by atoms with Crippen LogP contribution in [-0.2, 0) is 46.3 Å². The van der Waals surface area contributed by atoms with E-state index in [1.807, 2.05) is 93.3 Å². The molecule has 4 rings (SSSR count). The summed E-state index contributed by atoms with van der Waals surface area (Å²) in [4.78, 5) is 70.5. The number of nitrogens with one attached hydrogen (secondary N) is 4. The van der Waals surface area contributed by atoms with Crippen LogP contribution in [0.25, 0.3) is 0 Å². The minimum atomic E-state index is -1.03. The molecule has 2 aliphatic heterocycles. The molecule has 2 fully saturated rings. The summed E-state index contributed by atoms with van der Waals surface area (Å²) < 4.78 is 10.8. The Bertz CT molecular complexity index is 1500. The minimum absolute atomic E-state index is 0. The number of carbonyl (C=O) groups is 5. The fourth-order valence-electron chi connectivity index (χ4n) is 6.33. The van der Waals surface area contributed by atoms with E-state index in [1.54, 1.807) is 6.92 Å². The predicted octanol–water partition coefficient (Wildman–Crippen LogP) is 3.57. The molecule has 0 aromatic heterocycles. The molecule has 0 saturated carbocycles. The number of Topliss-reactive ketones (excluding diaryl/α,β-unsaturated/α-hetero) is 1. The third-order valence-electron chi connectivity index (χ3n) is 9.38. The van der Waals surface area contributed by atoms with Gasteiger partial charge in [0.15, 0.2) is 5.78 Å². The molecule has 5 atom stereocenters. The molecule has 2 aromatic carbocycles. The number of carbonyl (C=O) groups excluding carboxylic acids is 5. The molecule has 4 amide bonds. The molecule has 52 heavy (non-hydrogen) atoms. The molecule has 0 aliphatic carbocycles. The number of hydrogen-bond donors (Lipinski definition) is 4. The van der Waals surface area contributed by atoms with E-state index in [0.717, 1.165) is 11.1 Å². The van der Waals surface area contributed by atoms with Crippen molar-refractivity contribution in [1.29, 1.82) is 0 Å². The highest BCUT2D eigenvalue weighted by Crippen LogP contribution is 2.29. The second-order valence-corrected chi connectivity index (χ2v) is 15.0. The number of benzene rings is 2.